The third-order valence-corrected chi connectivity index (χ3v) is 4.61. The third-order valence-electron chi connectivity index (χ3n) is 4.61. The van der Waals surface area contributed by atoms with Crippen molar-refractivity contribution in [1.29, 1.82) is 0 Å². The van der Waals surface area contributed by atoms with Crippen LogP contribution in [-0.4, -0.2) is 30.6 Å². The van der Waals surface area contributed by atoms with Gasteiger partial charge in [0.1, 0.15) is 0 Å². The zero-order chi connectivity index (χ0) is 13.1. The Morgan fingerprint density at radius 2 is 2.05 bits per heavy atom. The molecule has 104 valence electrons. The first-order valence-corrected chi connectivity index (χ1v) is 7.90. The maximum atomic E-state index is 3.78. The largest absolute Gasteiger partial charge is 0.309 e. The summed E-state index contributed by atoms with van der Waals surface area (Å²) in [4.78, 5) is 2.56. The van der Waals surface area contributed by atoms with Gasteiger partial charge in [0.15, 0.2) is 0 Å². The van der Waals surface area contributed by atoms with Gasteiger partial charge < -0.3 is 10.2 Å². The van der Waals surface area contributed by atoms with Crippen molar-refractivity contribution >= 4 is 0 Å². The number of nitrogens with zero attached hydrogens (tertiary/aromatic N) is 1. The molecule has 1 heterocycles. The summed E-state index contributed by atoms with van der Waals surface area (Å²) in [7, 11) is 0. The zero-order valence-electron chi connectivity index (χ0n) is 12.1. The third kappa shape index (κ3) is 3.37. The molecule has 1 aromatic carbocycles. The van der Waals surface area contributed by atoms with Gasteiger partial charge in [-0.25, -0.2) is 0 Å². The van der Waals surface area contributed by atoms with E-state index in [9.17, 15) is 0 Å². The lowest BCUT2D eigenvalue weighted by Gasteiger charge is -2.32. The Balaban J connectivity index is 1.57. The molecule has 1 saturated carbocycles. The number of nitrogens with one attached hydrogen (secondary N) is 1. The molecule has 1 saturated heterocycles. The molecule has 0 amide bonds. The van der Waals surface area contributed by atoms with Crippen molar-refractivity contribution in [2.45, 2.75) is 51.1 Å². The second-order valence-electron chi connectivity index (χ2n) is 6.09. The summed E-state index contributed by atoms with van der Waals surface area (Å²) < 4.78 is 0. The molecular weight excluding hydrogens is 232 g/mol. The molecule has 19 heavy (non-hydrogen) atoms. The van der Waals surface area contributed by atoms with Gasteiger partial charge in [-0.3, -0.25) is 0 Å². The molecule has 0 bridgehead atoms. The van der Waals surface area contributed by atoms with Gasteiger partial charge in [0.2, 0.25) is 0 Å². The first kappa shape index (κ1) is 13.1. The number of likely N-dealkylation sites (tertiary alicyclic amines) is 1. The lowest BCUT2D eigenvalue weighted by Crippen LogP contribution is -2.45. The highest BCUT2D eigenvalue weighted by Gasteiger charge is 2.26. The normalized spacial score (nSPS) is 24.6. The maximum absolute atomic E-state index is 3.78. The molecule has 2 heteroatoms. The quantitative estimate of drug-likeness (QED) is 0.873. The monoisotopic (exact) mass is 258 g/mol. The van der Waals surface area contributed by atoms with Gasteiger partial charge >= 0.3 is 0 Å². The Labute approximate surface area is 117 Å². The second kappa shape index (κ2) is 6.06. The van der Waals surface area contributed by atoms with Crippen molar-refractivity contribution in [2.75, 3.05) is 19.6 Å². The smallest absolute Gasteiger partial charge is 0.0211 e. The van der Waals surface area contributed by atoms with Crippen LogP contribution >= 0.6 is 0 Å². The fourth-order valence-corrected chi connectivity index (χ4v) is 3.25. The van der Waals surface area contributed by atoms with Gasteiger partial charge in [0, 0.05) is 19.1 Å². The van der Waals surface area contributed by atoms with Crippen LogP contribution in [0.3, 0.4) is 0 Å². The van der Waals surface area contributed by atoms with Crippen LogP contribution in [0.15, 0.2) is 24.3 Å². The first-order chi connectivity index (χ1) is 9.36. The van der Waals surface area contributed by atoms with Crippen molar-refractivity contribution in [2.24, 2.45) is 0 Å². The molecule has 3 rings (SSSR count). The van der Waals surface area contributed by atoms with E-state index in [1.165, 1.54) is 50.9 Å². The molecule has 1 unspecified atom stereocenters. The van der Waals surface area contributed by atoms with Crippen LogP contribution in [0.4, 0.5) is 0 Å². The summed E-state index contributed by atoms with van der Waals surface area (Å²) in [6.07, 6.45) is 5.46. The van der Waals surface area contributed by atoms with Gasteiger partial charge in [-0.2, -0.15) is 0 Å². The van der Waals surface area contributed by atoms with Gasteiger partial charge in [-0.15, -0.1) is 0 Å². The van der Waals surface area contributed by atoms with E-state index in [2.05, 4.69) is 41.4 Å². The summed E-state index contributed by atoms with van der Waals surface area (Å²) in [5.41, 5.74) is 3.12. The van der Waals surface area contributed by atoms with Crippen LogP contribution in [0.5, 0.6) is 0 Å². The predicted molar refractivity (Wildman–Crippen MR) is 80.4 cm³/mol. The summed E-state index contributed by atoms with van der Waals surface area (Å²) >= 11 is 0. The molecule has 2 aliphatic rings. The van der Waals surface area contributed by atoms with Crippen molar-refractivity contribution in [3.63, 3.8) is 0 Å². The molecule has 1 aliphatic heterocycles. The highest BCUT2D eigenvalue weighted by Crippen LogP contribution is 2.41. The number of rotatable bonds is 5. The fraction of sp³-hybridized carbons (Fsp3) is 0.647. The number of benzene rings is 1. The van der Waals surface area contributed by atoms with E-state index in [1.807, 2.05) is 0 Å². The first-order valence-electron chi connectivity index (χ1n) is 7.90. The summed E-state index contributed by atoms with van der Waals surface area (Å²) in [5, 5.41) is 3.78. The average molecular weight is 258 g/mol. The zero-order valence-corrected chi connectivity index (χ0v) is 12.1. The van der Waals surface area contributed by atoms with Crippen LogP contribution in [0.2, 0.25) is 0 Å². The lowest BCUT2D eigenvalue weighted by atomic mass is 10.0. The summed E-state index contributed by atoms with van der Waals surface area (Å²) in [5.74, 6) is 0.858. The molecule has 1 N–H and O–H groups in total. The van der Waals surface area contributed by atoms with E-state index in [-0.39, 0.29) is 0 Å². The summed E-state index contributed by atoms with van der Waals surface area (Å²) in [6.45, 7) is 7.02. The minimum atomic E-state index is 0.681. The van der Waals surface area contributed by atoms with Crippen molar-refractivity contribution in [1.82, 2.24) is 10.2 Å². The van der Waals surface area contributed by atoms with E-state index >= 15 is 0 Å². The highest BCUT2D eigenvalue weighted by atomic mass is 15.2. The molecule has 1 aliphatic carbocycles. The number of hydrogen-bond donors (Lipinski definition) is 1. The number of hydrogen-bond acceptors (Lipinski definition) is 2. The minimum Gasteiger partial charge on any atom is -0.309 e. The van der Waals surface area contributed by atoms with Crippen LogP contribution < -0.4 is 5.32 Å². The van der Waals surface area contributed by atoms with Gasteiger partial charge in [0.05, 0.1) is 0 Å². The molecule has 0 radical (unpaired) electrons. The standard InChI is InChI=1S/C17H26N2/c1-2-19-11-5-7-16(13-19)18-12-15-6-3-4-8-17(15)14-9-10-14/h3-4,6,8,14,16,18H,2,5,7,9-13H2,1H3. The Kier molecular flexibility index (Phi) is 4.19. The molecular formula is C17H26N2. The molecule has 1 aromatic rings. The fourth-order valence-electron chi connectivity index (χ4n) is 3.25. The topological polar surface area (TPSA) is 15.3 Å². The van der Waals surface area contributed by atoms with Crippen LogP contribution in [0, 0.1) is 0 Å². The number of piperidine rings is 1. The minimum absolute atomic E-state index is 0.681. The molecule has 0 aromatic heterocycles. The number of likely N-dealkylation sites (N-methyl/N-ethyl adjacent to an activating group) is 1. The Hall–Kier alpha value is -0.860. The maximum Gasteiger partial charge on any atom is 0.0211 e. The van der Waals surface area contributed by atoms with E-state index in [0.29, 0.717) is 6.04 Å². The van der Waals surface area contributed by atoms with E-state index in [4.69, 9.17) is 0 Å². The summed E-state index contributed by atoms with van der Waals surface area (Å²) in [6, 6.07) is 9.69. The Morgan fingerprint density at radius 3 is 2.84 bits per heavy atom. The molecule has 2 nitrogen and oxygen atoms in total. The predicted octanol–water partition coefficient (Wildman–Crippen LogP) is 3.14. The van der Waals surface area contributed by atoms with E-state index < -0.39 is 0 Å². The van der Waals surface area contributed by atoms with Gasteiger partial charge in [-0.05, 0) is 55.8 Å². The van der Waals surface area contributed by atoms with Crippen LogP contribution in [0.25, 0.3) is 0 Å². The van der Waals surface area contributed by atoms with Gasteiger partial charge in [0.25, 0.3) is 0 Å². The van der Waals surface area contributed by atoms with Gasteiger partial charge in [-0.1, -0.05) is 31.2 Å². The SMILES string of the molecule is CCN1CCCC(NCc2ccccc2C2CC2)C1. The molecule has 1 atom stereocenters. The van der Waals surface area contributed by atoms with Crippen molar-refractivity contribution < 1.29 is 0 Å². The molecule has 0 spiro atoms. The van der Waals surface area contributed by atoms with Crippen molar-refractivity contribution in [3.8, 4) is 0 Å². The second-order valence-corrected chi connectivity index (χ2v) is 6.09. The lowest BCUT2D eigenvalue weighted by molar-refractivity contribution is 0.198. The van der Waals surface area contributed by atoms with E-state index in [1.54, 1.807) is 5.56 Å². The Morgan fingerprint density at radius 1 is 1.21 bits per heavy atom. The van der Waals surface area contributed by atoms with Crippen LogP contribution in [0.1, 0.15) is 49.7 Å². The molecule has 2 fully saturated rings. The Bertz CT molecular complexity index is 411. The van der Waals surface area contributed by atoms with Crippen molar-refractivity contribution in [3.05, 3.63) is 35.4 Å². The van der Waals surface area contributed by atoms with Crippen LogP contribution in [-0.2, 0) is 6.54 Å². The average Bonchev–Trinajstić information content (AvgIpc) is 3.30. The van der Waals surface area contributed by atoms with E-state index in [0.717, 1.165) is 12.5 Å². The highest BCUT2D eigenvalue weighted by molar-refractivity contribution is 5.33.